The van der Waals surface area contributed by atoms with E-state index in [1.165, 1.54) is 11.3 Å². The third kappa shape index (κ3) is 4.08. The van der Waals surface area contributed by atoms with Crippen molar-refractivity contribution in [2.75, 3.05) is 11.9 Å². The molecular weight excluding hydrogens is 306 g/mol. The van der Waals surface area contributed by atoms with Crippen LogP contribution in [-0.2, 0) is 0 Å². The molecule has 0 saturated heterocycles. The number of hydrogen-bond donors (Lipinski definition) is 2. The summed E-state index contributed by atoms with van der Waals surface area (Å²) in [6, 6.07) is 8.93. The maximum Gasteiger partial charge on any atom is 0.265 e. The van der Waals surface area contributed by atoms with Crippen LogP contribution >= 0.6 is 22.9 Å². The Kier molecular flexibility index (Phi) is 5.40. The molecule has 0 aliphatic rings. The predicted octanol–water partition coefficient (Wildman–Crippen LogP) is 3.70. The zero-order valence-corrected chi connectivity index (χ0v) is 13.0. The number of thiophene rings is 1. The van der Waals surface area contributed by atoms with Crippen molar-refractivity contribution < 1.29 is 9.90 Å². The van der Waals surface area contributed by atoms with Gasteiger partial charge in [-0.3, -0.25) is 4.79 Å². The van der Waals surface area contributed by atoms with Crippen molar-refractivity contribution >= 4 is 34.5 Å². The molecule has 1 heterocycles. The van der Waals surface area contributed by atoms with Crippen molar-refractivity contribution in [3.05, 3.63) is 50.7 Å². The standard InChI is InChI=1S/C16H14ClNO2S/c1-11-13(17)6-4-7-14(11)18-16(20)15-9-8-12(21-15)5-2-3-10-19/h4,6-9,19H,3,10H2,1H3,(H,18,20). The lowest BCUT2D eigenvalue weighted by Gasteiger charge is -2.08. The van der Waals surface area contributed by atoms with Gasteiger partial charge in [-0.1, -0.05) is 29.5 Å². The van der Waals surface area contributed by atoms with Gasteiger partial charge in [0.15, 0.2) is 0 Å². The van der Waals surface area contributed by atoms with E-state index in [2.05, 4.69) is 17.2 Å². The Morgan fingerprint density at radius 2 is 2.19 bits per heavy atom. The van der Waals surface area contributed by atoms with E-state index in [0.29, 0.717) is 22.0 Å². The number of carbonyl (C=O) groups is 1. The van der Waals surface area contributed by atoms with Crippen LogP contribution in [0.3, 0.4) is 0 Å². The summed E-state index contributed by atoms with van der Waals surface area (Å²) in [7, 11) is 0. The fourth-order valence-electron chi connectivity index (χ4n) is 1.66. The SMILES string of the molecule is Cc1c(Cl)cccc1NC(=O)c1ccc(C#CCCO)s1. The van der Waals surface area contributed by atoms with Gasteiger partial charge in [0.2, 0.25) is 0 Å². The second-order valence-electron chi connectivity index (χ2n) is 4.31. The average molecular weight is 320 g/mol. The lowest BCUT2D eigenvalue weighted by molar-refractivity contribution is 0.103. The van der Waals surface area contributed by atoms with Crippen LogP contribution in [-0.4, -0.2) is 17.6 Å². The molecule has 0 unspecified atom stereocenters. The average Bonchev–Trinajstić information content (AvgIpc) is 2.93. The van der Waals surface area contributed by atoms with Gasteiger partial charge in [0.1, 0.15) is 0 Å². The first kappa shape index (κ1) is 15.6. The van der Waals surface area contributed by atoms with Gasteiger partial charge in [-0.25, -0.2) is 0 Å². The lowest BCUT2D eigenvalue weighted by Crippen LogP contribution is -2.11. The van der Waals surface area contributed by atoms with E-state index in [1.54, 1.807) is 24.3 Å². The molecule has 2 rings (SSSR count). The molecule has 0 spiro atoms. The summed E-state index contributed by atoms with van der Waals surface area (Å²) in [6.07, 6.45) is 0.432. The molecule has 3 nitrogen and oxygen atoms in total. The second-order valence-corrected chi connectivity index (χ2v) is 5.80. The molecule has 0 radical (unpaired) electrons. The van der Waals surface area contributed by atoms with E-state index in [-0.39, 0.29) is 12.5 Å². The summed E-state index contributed by atoms with van der Waals surface area (Å²) >= 11 is 7.35. The smallest absolute Gasteiger partial charge is 0.265 e. The molecule has 5 heteroatoms. The van der Waals surface area contributed by atoms with Crippen LogP contribution in [0.1, 0.15) is 26.5 Å². The number of carbonyl (C=O) groups excluding carboxylic acids is 1. The predicted molar refractivity (Wildman–Crippen MR) is 87.0 cm³/mol. The number of anilines is 1. The number of halogens is 1. The minimum absolute atomic E-state index is 0.0414. The number of amides is 1. The maximum absolute atomic E-state index is 12.2. The van der Waals surface area contributed by atoms with Crippen molar-refractivity contribution in [2.45, 2.75) is 13.3 Å². The van der Waals surface area contributed by atoms with Gasteiger partial charge in [-0.05, 0) is 36.8 Å². The van der Waals surface area contributed by atoms with Gasteiger partial charge >= 0.3 is 0 Å². The first-order chi connectivity index (χ1) is 10.1. The topological polar surface area (TPSA) is 49.3 Å². The Bertz CT molecular complexity index is 713. The van der Waals surface area contributed by atoms with E-state index in [9.17, 15) is 4.79 Å². The Balaban J connectivity index is 2.11. The van der Waals surface area contributed by atoms with Crippen LogP contribution in [0.25, 0.3) is 0 Å². The molecule has 0 aliphatic carbocycles. The highest BCUT2D eigenvalue weighted by atomic mass is 35.5. The molecule has 1 aromatic carbocycles. The third-order valence-corrected chi connectivity index (χ3v) is 4.20. The molecule has 1 aromatic heterocycles. The largest absolute Gasteiger partial charge is 0.395 e. The summed E-state index contributed by atoms with van der Waals surface area (Å²) in [4.78, 5) is 13.6. The van der Waals surface area contributed by atoms with E-state index >= 15 is 0 Å². The molecule has 0 fully saturated rings. The number of hydrogen-bond acceptors (Lipinski definition) is 3. The molecule has 2 aromatic rings. The molecule has 0 atom stereocenters. The highest BCUT2D eigenvalue weighted by Crippen LogP contribution is 2.24. The van der Waals surface area contributed by atoms with Crippen LogP contribution in [0.2, 0.25) is 5.02 Å². The quantitative estimate of drug-likeness (QED) is 0.848. The second kappa shape index (κ2) is 7.28. The molecule has 0 saturated carbocycles. The Morgan fingerprint density at radius 3 is 2.95 bits per heavy atom. The van der Waals surface area contributed by atoms with Crippen LogP contribution in [0.5, 0.6) is 0 Å². The number of aliphatic hydroxyl groups excluding tert-OH is 1. The number of aliphatic hydroxyl groups is 1. The summed E-state index contributed by atoms with van der Waals surface area (Å²) in [6.45, 7) is 1.90. The minimum atomic E-state index is -0.180. The summed E-state index contributed by atoms with van der Waals surface area (Å²) in [5.74, 6) is 5.56. The number of benzene rings is 1. The number of nitrogens with one attached hydrogen (secondary N) is 1. The van der Waals surface area contributed by atoms with Crippen molar-refractivity contribution in [1.29, 1.82) is 0 Å². The molecule has 108 valence electrons. The molecular formula is C16H14ClNO2S. The zero-order valence-electron chi connectivity index (χ0n) is 11.4. The van der Waals surface area contributed by atoms with Crippen LogP contribution < -0.4 is 5.32 Å². The van der Waals surface area contributed by atoms with Crippen LogP contribution in [0.4, 0.5) is 5.69 Å². The fraction of sp³-hybridized carbons (Fsp3) is 0.188. The van der Waals surface area contributed by atoms with Crippen LogP contribution in [0, 0.1) is 18.8 Å². The summed E-state index contributed by atoms with van der Waals surface area (Å²) < 4.78 is 0. The van der Waals surface area contributed by atoms with Gasteiger partial charge in [0, 0.05) is 17.1 Å². The number of rotatable bonds is 3. The van der Waals surface area contributed by atoms with Crippen molar-refractivity contribution in [2.24, 2.45) is 0 Å². The Hall–Kier alpha value is -1.80. The molecule has 2 N–H and O–H groups in total. The van der Waals surface area contributed by atoms with E-state index in [1.807, 2.05) is 13.0 Å². The normalized spacial score (nSPS) is 9.86. The van der Waals surface area contributed by atoms with E-state index < -0.39 is 0 Å². The van der Waals surface area contributed by atoms with E-state index in [0.717, 1.165) is 10.4 Å². The van der Waals surface area contributed by atoms with Crippen molar-refractivity contribution in [1.82, 2.24) is 0 Å². The Labute approximate surface area is 132 Å². The van der Waals surface area contributed by atoms with Crippen LogP contribution in [0.15, 0.2) is 30.3 Å². The fourth-order valence-corrected chi connectivity index (χ4v) is 2.61. The van der Waals surface area contributed by atoms with Gasteiger partial charge in [-0.15, -0.1) is 11.3 Å². The lowest BCUT2D eigenvalue weighted by atomic mass is 10.2. The molecule has 0 bridgehead atoms. The van der Waals surface area contributed by atoms with Gasteiger partial charge < -0.3 is 10.4 Å². The van der Waals surface area contributed by atoms with Crippen molar-refractivity contribution in [3.8, 4) is 11.8 Å². The van der Waals surface area contributed by atoms with Gasteiger partial charge in [0.25, 0.3) is 5.91 Å². The third-order valence-electron chi connectivity index (χ3n) is 2.79. The summed E-state index contributed by atoms with van der Waals surface area (Å²) in [5.41, 5.74) is 1.54. The molecule has 21 heavy (non-hydrogen) atoms. The van der Waals surface area contributed by atoms with Crippen molar-refractivity contribution in [3.63, 3.8) is 0 Å². The Morgan fingerprint density at radius 1 is 1.38 bits per heavy atom. The first-order valence-corrected chi connectivity index (χ1v) is 7.57. The highest BCUT2D eigenvalue weighted by Gasteiger charge is 2.11. The van der Waals surface area contributed by atoms with Gasteiger partial charge in [-0.2, -0.15) is 0 Å². The highest BCUT2D eigenvalue weighted by molar-refractivity contribution is 7.14. The molecule has 0 aliphatic heterocycles. The maximum atomic E-state index is 12.2. The first-order valence-electron chi connectivity index (χ1n) is 6.38. The monoisotopic (exact) mass is 319 g/mol. The van der Waals surface area contributed by atoms with E-state index in [4.69, 9.17) is 16.7 Å². The zero-order chi connectivity index (χ0) is 15.2. The minimum Gasteiger partial charge on any atom is -0.395 e. The summed E-state index contributed by atoms with van der Waals surface area (Å²) in [5, 5.41) is 12.1. The van der Waals surface area contributed by atoms with Gasteiger partial charge in [0.05, 0.1) is 16.4 Å². The molecule has 1 amide bonds.